The number of carbonyl (C=O) groups is 2. The van der Waals surface area contributed by atoms with Crippen molar-refractivity contribution in [3.63, 3.8) is 0 Å². The van der Waals surface area contributed by atoms with Gasteiger partial charge >= 0.3 is 0 Å². The zero-order valence-electron chi connectivity index (χ0n) is 17.1. The van der Waals surface area contributed by atoms with E-state index in [0.29, 0.717) is 13.1 Å². The maximum atomic E-state index is 12.9. The van der Waals surface area contributed by atoms with Gasteiger partial charge in [0.05, 0.1) is 5.92 Å². The maximum absolute atomic E-state index is 12.9. The van der Waals surface area contributed by atoms with Crippen LogP contribution in [0.5, 0.6) is 0 Å². The molecule has 3 heterocycles. The molecule has 2 saturated heterocycles. The van der Waals surface area contributed by atoms with E-state index in [1.807, 2.05) is 43.0 Å². The van der Waals surface area contributed by atoms with Crippen LogP contribution < -0.4 is 5.32 Å². The van der Waals surface area contributed by atoms with Gasteiger partial charge in [0.15, 0.2) is 0 Å². The molecule has 7 heteroatoms. The Bertz CT molecular complexity index is 843. The summed E-state index contributed by atoms with van der Waals surface area (Å²) < 4.78 is 1.65. The molecule has 0 radical (unpaired) electrons. The highest BCUT2D eigenvalue weighted by Gasteiger charge is 2.57. The maximum Gasteiger partial charge on any atom is 0.244 e. The van der Waals surface area contributed by atoms with Crippen LogP contribution in [0.1, 0.15) is 19.4 Å². The lowest BCUT2D eigenvalue weighted by Crippen LogP contribution is -2.64. The molecule has 29 heavy (non-hydrogen) atoms. The summed E-state index contributed by atoms with van der Waals surface area (Å²) in [5.74, 6) is 0.0703. The number of amides is 2. The molecule has 2 fully saturated rings. The van der Waals surface area contributed by atoms with Gasteiger partial charge in [0.1, 0.15) is 6.54 Å². The van der Waals surface area contributed by atoms with Crippen molar-refractivity contribution < 1.29 is 9.59 Å². The standard InChI is InChI=1S/C22H29N5O2/c1-17(2)24-21(29)19-12-25(11-18-7-4-3-5-8-18)14-22(19)15-26(16-22)20(28)13-27-10-6-9-23-27/h3-10,17,19H,11-16H2,1-2H3,(H,24,29). The lowest BCUT2D eigenvalue weighted by atomic mass is 9.71. The minimum atomic E-state index is -0.159. The minimum Gasteiger partial charge on any atom is -0.354 e. The molecule has 154 valence electrons. The second kappa shape index (κ2) is 7.99. The van der Waals surface area contributed by atoms with Crippen molar-refractivity contribution in [3.05, 3.63) is 54.4 Å². The number of nitrogens with zero attached hydrogens (tertiary/aromatic N) is 4. The monoisotopic (exact) mass is 395 g/mol. The number of hydrogen-bond acceptors (Lipinski definition) is 4. The van der Waals surface area contributed by atoms with E-state index >= 15 is 0 Å². The van der Waals surface area contributed by atoms with Gasteiger partial charge in [-0.05, 0) is 25.5 Å². The lowest BCUT2D eigenvalue weighted by molar-refractivity contribution is -0.150. The Morgan fingerprint density at radius 2 is 1.93 bits per heavy atom. The van der Waals surface area contributed by atoms with Gasteiger partial charge in [0.2, 0.25) is 11.8 Å². The van der Waals surface area contributed by atoms with E-state index < -0.39 is 0 Å². The fraction of sp³-hybridized carbons (Fsp3) is 0.500. The van der Waals surface area contributed by atoms with Crippen LogP contribution in [0.4, 0.5) is 0 Å². The van der Waals surface area contributed by atoms with E-state index in [9.17, 15) is 9.59 Å². The van der Waals surface area contributed by atoms with Crippen LogP contribution in [0.3, 0.4) is 0 Å². The number of likely N-dealkylation sites (tertiary alicyclic amines) is 2. The van der Waals surface area contributed by atoms with Gasteiger partial charge in [-0.2, -0.15) is 5.10 Å². The van der Waals surface area contributed by atoms with Crippen molar-refractivity contribution in [2.75, 3.05) is 26.2 Å². The summed E-state index contributed by atoms with van der Waals surface area (Å²) in [7, 11) is 0. The van der Waals surface area contributed by atoms with Crippen LogP contribution in [0.2, 0.25) is 0 Å². The molecule has 1 unspecified atom stereocenters. The summed E-state index contributed by atoms with van der Waals surface area (Å²) >= 11 is 0. The topological polar surface area (TPSA) is 70.5 Å². The minimum absolute atomic E-state index is 0.0591. The van der Waals surface area contributed by atoms with Crippen molar-refractivity contribution >= 4 is 11.8 Å². The summed E-state index contributed by atoms with van der Waals surface area (Å²) in [4.78, 5) is 29.8. The van der Waals surface area contributed by atoms with Crippen LogP contribution >= 0.6 is 0 Å². The van der Waals surface area contributed by atoms with E-state index in [1.165, 1.54) is 5.56 Å². The van der Waals surface area contributed by atoms with Crippen LogP contribution in [0.25, 0.3) is 0 Å². The van der Waals surface area contributed by atoms with Gasteiger partial charge in [-0.25, -0.2) is 0 Å². The highest BCUT2D eigenvalue weighted by atomic mass is 16.2. The number of nitrogens with one attached hydrogen (secondary N) is 1. The predicted octanol–water partition coefficient (Wildman–Crippen LogP) is 1.37. The number of benzene rings is 1. The molecule has 1 aromatic carbocycles. The summed E-state index contributed by atoms with van der Waals surface area (Å²) in [6, 6.07) is 12.3. The Morgan fingerprint density at radius 3 is 2.59 bits per heavy atom. The molecule has 1 spiro atoms. The van der Waals surface area contributed by atoms with Gasteiger partial charge in [0.25, 0.3) is 0 Å². The van der Waals surface area contributed by atoms with E-state index in [1.54, 1.807) is 17.1 Å². The number of rotatable bonds is 6. The second-order valence-electron chi connectivity index (χ2n) is 8.69. The first-order chi connectivity index (χ1) is 13.9. The first kappa shape index (κ1) is 19.6. The third-order valence-electron chi connectivity index (χ3n) is 5.94. The molecule has 4 rings (SSSR count). The third kappa shape index (κ3) is 4.19. The summed E-state index contributed by atoms with van der Waals surface area (Å²) in [6.45, 7) is 7.89. The average molecular weight is 396 g/mol. The van der Waals surface area contributed by atoms with Crippen molar-refractivity contribution in [3.8, 4) is 0 Å². The first-order valence-corrected chi connectivity index (χ1v) is 10.3. The summed E-state index contributed by atoms with van der Waals surface area (Å²) in [5.41, 5.74) is 1.09. The van der Waals surface area contributed by atoms with Crippen molar-refractivity contribution in [1.82, 2.24) is 24.9 Å². The Balaban J connectivity index is 1.44. The van der Waals surface area contributed by atoms with E-state index in [4.69, 9.17) is 0 Å². The molecule has 2 aliphatic heterocycles. The summed E-state index contributed by atoms with van der Waals surface area (Å²) in [6.07, 6.45) is 3.47. The van der Waals surface area contributed by atoms with Gasteiger partial charge < -0.3 is 10.2 Å². The molecular weight excluding hydrogens is 366 g/mol. The van der Waals surface area contributed by atoms with Crippen molar-refractivity contribution in [2.45, 2.75) is 33.0 Å². The smallest absolute Gasteiger partial charge is 0.244 e. The molecule has 2 amide bonds. The number of carbonyl (C=O) groups excluding carboxylic acids is 2. The molecule has 1 N–H and O–H groups in total. The Kier molecular flexibility index (Phi) is 5.41. The second-order valence-corrected chi connectivity index (χ2v) is 8.69. The zero-order chi connectivity index (χ0) is 20.4. The highest BCUT2D eigenvalue weighted by Crippen LogP contribution is 2.44. The van der Waals surface area contributed by atoms with Crippen molar-refractivity contribution in [1.29, 1.82) is 0 Å². The molecular formula is C22H29N5O2. The third-order valence-corrected chi connectivity index (χ3v) is 5.94. The predicted molar refractivity (Wildman–Crippen MR) is 110 cm³/mol. The van der Waals surface area contributed by atoms with Crippen molar-refractivity contribution in [2.24, 2.45) is 11.3 Å². The normalized spacial score (nSPS) is 20.8. The number of hydrogen-bond donors (Lipinski definition) is 1. The van der Waals surface area contributed by atoms with Crippen LogP contribution in [-0.2, 0) is 22.7 Å². The molecule has 7 nitrogen and oxygen atoms in total. The quantitative estimate of drug-likeness (QED) is 0.802. The Morgan fingerprint density at radius 1 is 1.17 bits per heavy atom. The molecule has 0 saturated carbocycles. The first-order valence-electron chi connectivity index (χ1n) is 10.3. The lowest BCUT2D eigenvalue weighted by Gasteiger charge is -2.50. The molecule has 0 aliphatic carbocycles. The SMILES string of the molecule is CC(C)NC(=O)C1CN(Cc2ccccc2)CC12CN(C(=O)Cn1cccn1)C2. The number of aromatic nitrogens is 2. The molecule has 0 bridgehead atoms. The summed E-state index contributed by atoms with van der Waals surface area (Å²) in [5, 5.41) is 7.21. The Hall–Kier alpha value is -2.67. The fourth-order valence-corrected chi connectivity index (χ4v) is 4.62. The van der Waals surface area contributed by atoms with Crippen LogP contribution in [0, 0.1) is 11.3 Å². The molecule has 2 aromatic rings. The highest BCUT2D eigenvalue weighted by molar-refractivity contribution is 5.82. The average Bonchev–Trinajstić information content (AvgIpc) is 3.28. The Labute approximate surface area is 171 Å². The van der Waals surface area contributed by atoms with Gasteiger partial charge in [-0.1, -0.05) is 30.3 Å². The largest absolute Gasteiger partial charge is 0.354 e. The molecule has 2 aliphatic rings. The van der Waals surface area contributed by atoms with Gasteiger partial charge in [-0.15, -0.1) is 0 Å². The van der Waals surface area contributed by atoms with Gasteiger partial charge in [0, 0.05) is 56.6 Å². The fourth-order valence-electron chi connectivity index (χ4n) is 4.62. The van der Waals surface area contributed by atoms with Crippen LogP contribution in [-0.4, -0.2) is 63.6 Å². The van der Waals surface area contributed by atoms with Gasteiger partial charge in [-0.3, -0.25) is 19.2 Å². The van der Waals surface area contributed by atoms with Crippen LogP contribution in [0.15, 0.2) is 48.8 Å². The molecule has 1 aromatic heterocycles. The van der Waals surface area contributed by atoms with E-state index in [0.717, 1.165) is 19.6 Å². The molecule has 1 atom stereocenters. The van der Waals surface area contributed by atoms with E-state index in [2.05, 4.69) is 27.4 Å². The van der Waals surface area contributed by atoms with E-state index in [-0.39, 0.29) is 35.7 Å². The zero-order valence-corrected chi connectivity index (χ0v) is 17.1.